The van der Waals surface area contributed by atoms with Gasteiger partial charge in [0.05, 0.1) is 0 Å². The molecule has 1 unspecified atom stereocenters. The second-order valence-electron chi connectivity index (χ2n) is 6.30. The van der Waals surface area contributed by atoms with Crippen LogP contribution in [0.5, 0.6) is 11.5 Å². The molecule has 4 nitrogen and oxygen atoms in total. The van der Waals surface area contributed by atoms with E-state index in [0.717, 1.165) is 25.1 Å². The van der Waals surface area contributed by atoms with Crippen molar-refractivity contribution in [1.82, 2.24) is 4.90 Å². The van der Waals surface area contributed by atoms with Crippen molar-refractivity contribution in [3.8, 4) is 11.5 Å². The molecule has 0 saturated carbocycles. The summed E-state index contributed by atoms with van der Waals surface area (Å²) in [6, 6.07) is 4.90. The van der Waals surface area contributed by atoms with Crippen molar-refractivity contribution in [3.63, 3.8) is 0 Å². The average molecular weight is 280 g/mol. The fourth-order valence-corrected chi connectivity index (χ4v) is 2.38. The number of hydrogen-bond donors (Lipinski definition) is 3. The maximum atomic E-state index is 9.63. The van der Waals surface area contributed by atoms with Crippen molar-refractivity contribution in [3.05, 3.63) is 23.8 Å². The molecule has 0 heterocycles. The molecule has 1 aromatic carbocycles. The fraction of sp³-hybridized carbons (Fsp3) is 0.625. The van der Waals surface area contributed by atoms with E-state index in [2.05, 4.69) is 32.6 Å². The van der Waals surface area contributed by atoms with Crippen molar-refractivity contribution in [1.29, 1.82) is 0 Å². The summed E-state index contributed by atoms with van der Waals surface area (Å²) in [5.74, 6) is 0.197. The summed E-state index contributed by atoms with van der Waals surface area (Å²) >= 11 is 0. The zero-order valence-electron chi connectivity index (χ0n) is 13.1. The van der Waals surface area contributed by atoms with Crippen LogP contribution >= 0.6 is 0 Å². The minimum absolute atomic E-state index is 0.0439. The number of phenols is 2. The number of benzene rings is 1. The Morgan fingerprint density at radius 3 is 2.20 bits per heavy atom. The maximum absolute atomic E-state index is 9.63. The van der Waals surface area contributed by atoms with E-state index in [1.165, 1.54) is 6.07 Å². The molecular formula is C16H28N2O2. The first kappa shape index (κ1) is 16.8. The Kier molecular flexibility index (Phi) is 5.84. The average Bonchev–Trinajstić information content (AvgIpc) is 2.36. The van der Waals surface area contributed by atoms with Gasteiger partial charge in [-0.05, 0) is 49.5 Å². The highest BCUT2D eigenvalue weighted by Gasteiger charge is 2.24. The SMILES string of the molecule is CCCN(CC(C)(C)CN)C(C)c1cc(O)cc(O)c1. The number of rotatable bonds is 7. The molecule has 0 saturated heterocycles. The first-order valence-electron chi connectivity index (χ1n) is 7.26. The van der Waals surface area contributed by atoms with E-state index in [4.69, 9.17) is 5.73 Å². The van der Waals surface area contributed by atoms with Gasteiger partial charge < -0.3 is 15.9 Å². The molecule has 1 atom stereocenters. The molecule has 0 aliphatic rings. The number of nitrogens with zero attached hydrogens (tertiary/aromatic N) is 1. The second kappa shape index (κ2) is 6.95. The van der Waals surface area contributed by atoms with E-state index < -0.39 is 0 Å². The zero-order valence-corrected chi connectivity index (χ0v) is 13.1. The molecule has 0 aromatic heterocycles. The normalized spacial score (nSPS) is 13.7. The van der Waals surface area contributed by atoms with Crippen molar-refractivity contribution >= 4 is 0 Å². The highest BCUT2D eigenvalue weighted by molar-refractivity contribution is 5.38. The van der Waals surface area contributed by atoms with Crippen LogP contribution in [0.25, 0.3) is 0 Å². The quantitative estimate of drug-likeness (QED) is 0.718. The van der Waals surface area contributed by atoms with Crippen molar-refractivity contribution in [2.45, 2.75) is 40.2 Å². The molecule has 20 heavy (non-hydrogen) atoms. The molecule has 1 aromatic rings. The standard InChI is InChI=1S/C16H28N2O2/c1-5-6-18(11-16(3,4)10-17)12(2)13-7-14(19)9-15(20)8-13/h7-9,12,19-20H,5-6,10-11,17H2,1-4H3. The molecule has 0 fully saturated rings. The van der Waals surface area contributed by atoms with E-state index in [0.29, 0.717) is 6.54 Å². The third kappa shape index (κ3) is 4.69. The van der Waals surface area contributed by atoms with E-state index in [1.54, 1.807) is 12.1 Å². The van der Waals surface area contributed by atoms with Crippen LogP contribution in [-0.2, 0) is 0 Å². The van der Waals surface area contributed by atoms with Crippen LogP contribution in [0.1, 0.15) is 45.7 Å². The molecule has 114 valence electrons. The lowest BCUT2D eigenvalue weighted by Gasteiger charge is -2.36. The largest absolute Gasteiger partial charge is 0.508 e. The van der Waals surface area contributed by atoms with E-state index in [9.17, 15) is 10.2 Å². The van der Waals surface area contributed by atoms with Gasteiger partial charge >= 0.3 is 0 Å². The highest BCUT2D eigenvalue weighted by Crippen LogP contribution is 2.30. The first-order chi connectivity index (χ1) is 9.29. The summed E-state index contributed by atoms with van der Waals surface area (Å²) < 4.78 is 0. The van der Waals surface area contributed by atoms with Gasteiger partial charge in [0.1, 0.15) is 11.5 Å². The summed E-state index contributed by atoms with van der Waals surface area (Å²) in [6.07, 6.45) is 1.05. The molecule has 0 amide bonds. The van der Waals surface area contributed by atoms with Gasteiger partial charge in [-0.2, -0.15) is 0 Å². The predicted octanol–water partition coefficient (Wildman–Crippen LogP) is 2.86. The summed E-state index contributed by atoms with van der Waals surface area (Å²) in [4.78, 5) is 2.35. The fourth-order valence-electron chi connectivity index (χ4n) is 2.38. The Balaban J connectivity index is 2.95. The molecule has 4 N–H and O–H groups in total. The summed E-state index contributed by atoms with van der Waals surface area (Å²) in [5.41, 5.74) is 6.80. The van der Waals surface area contributed by atoms with Crippen molar-refractivity contribution < 1.29 is 10.2 Å². The smallest absolute Gasteiger partial charge is 0.119 e. The predicted molar refractivity (Wildman–Crippen MR) is 82.9 cm³/mol. The molecule has 1 rings (SSSR count). The van der Waals surface area contributed by atoms with Crippen LogP contribution in [0.2, 0.25) is 0 Å². The zero-order chi connectivity index (χ0) is 15.3. The minimum atomic E-state index is 0.0439. The number of nitrogens with two attached hydrogens (primary N) is 1. The van der Waals surface area contributed by atoms with Gasteiger partial charge in [-0.25, -0.2) is 0 Å². The molecule has 4 heteroatoms. The number of phenolic OH excluding ortho intramolecular Hbond substituents is 2. The van der Waals surface area contributed by atoms with Crippen molar-refractivity contribution in [2.24, 2.45) is 11.1 Å². The third-order valence-electron chi connectivity index (χ3n) is 3.65. The Labute approximate surface area is 122 Å². The lowest BCUT2D eigenvalue weighted by Crippen LogP contribution is -2.40. The topological polar surface area (TPSA) is 69.7 Å². The Hall–Kier alpha value is -1.26. The summed E-state index contributed by atoms with van der Waals surface area (Å²) in [5, 5.41) is 19.3. The molecule has 0 aliphatic heterocycles. The minimum Gasteiger partial charge on any atom is -0.508 e. The van der Waals surface area contributed by atoms with Gasteiger partial charge in [-0.15, -0.1) is 0 Å². The van der Waals surface area contributed by atoms with Crippen LogP contribution < -0.4 is 5.73 Å². The molecular weight excluding hydrogens is 252 g/mol. The highest BCUT2D eigenvalue weighted by atomic mass is 16.3. The van der Waals surface area contributed by atoms with Crippen LogP contribution in [0, 0.1) is 5.41 Å². The van der Waals surface area contributed by atoms with E-state index in [-0.39, 0.29) is 23.0 Å². The number of hydrogen-bond acceptors (Lipinski definition) is 4. The van der Waals surface area contributed by atoms with Gasteiger partial charge in [0.25, 0.3) is 0 Å². The van der Waals surface area contributed by atoms with Gasteiger partial charge in [-0.1, -0.05) is 20.8 Å². The van der Waals surface area contributed by atoms with Gasteiger partial charge in [0.15, 0.2) is 0 Å². The van der Waals surface area contributed by atoms with Crippen LogP contribution in [0.15, 0.2) is 18.2 Å². The molecule has 0 radical (unpaired) electrons. The third-order valence-corrected chi connectivity index (χ3v) is 3.65. The van der Waals surface area contributed by atoms with Crippen LogP contribution in [0.4, 0.5) is 0 Å². The second-order valence-corrected chi connectivity index (χ2v) is 6.30. The summed E-state index contributed by atoms with van der Waals surface area (Å²) in [6.45, 7) is 11.0. The first-order valence-corrected chi connectivity index (χ1v) is 7.26. The summed E-state index contributed by atoms with van der Waals surface area (Å²) in [7, 11) is 0. The van der Waals surface area contributed by atoms with E-state index in [1.807, 2.05) is 0 Å². The molecule has 0 aliphatic carbocycles. The Morgan fingerprint density at radius 1 is 1.20 bits per heavy atom. The Morgan fingerprint density at radius 2 is 1.75 bits per heavy atom. The molecule has 0 spiro atoms. The van der Waals surface area contributed by atoms with Crippen LogP contribution in [-0.4, -0.2) is 34.7 Å². The lowest BCUT2D eigenvalue weighted by molar-refractivity contribution is 0.140. The lowest BCUT2D eigenvalue weighted by atomic mass is 9.91. The van der Waals surface area contributed by atoms with Gasteiger partial charge in [0.2, 0.25) is 0 Å². The van der Waals surface area contributed by atoms with E-state index >= 15 is 0 Å². The molecule has 0 bridgehead atoms. The van der Waals surface area contributed by atoms with Gasteiger partial charge in [-0.3, -0.25) is 4.90 Å². The van der Waals surface area contributed by atoms with Gasteiger partial charge in [0, 0.05) is 18.7 Å². The maximum Gasteiger partial charge on any atom is 0.119 e. The number of aromatic hydroxyl groups is 2. The monoisotopic (exact) mass is 280 g/mol. The van der Waals surface area contributed by atoms with Crippen molar-refractivity contribution in [2.75, 3.05) is 19.6 Å². The van der Waals surface area contributed by atoms with Crippen LogP contribution in [0.3, 0.4) is 0 Å². The Bertz CT molecular complexity index is 412.